The van der Waals surface area contributed by atoms with Crippen LogP contribution in [0, 0.1) is 0 Å². The Morgan fingerprint density at radius 3 is 2.33 bits per heavy atom. The molecule has 0 aliphatic carbocycles. The third-order valence-corrected chi connectivity index (χ3v) is 0.741. The van der Waals surface area contributed by atoms with Crippen molar-refractivity contribution in [1.29, 1.82) is 0 Å². The predicted octanol–water partition coefficient (Wildman–Crippen LogP) is 1.26. The fraction of sp³-hybridized carbons (Fsp3) is 0.571. The largest absolute Gasteiger partial charge is 0.471 e. The highest BCUT2D eigenvalue weighted by Gasteiger charge is 1.94. The Morgan fingerprint density at radius 2 is 2.22 bits per heavy atom. The first-order valence-electron chi connectivity index (χ1n) is 2.95. The minimum absolute atomic E-state index is 0.182. The maximum atomic E-state index is 5.18. The van der Waals surface area contributed by atoms with Crippen molar-refractivity contribution in [3.8, 4) is 0 Å². The molecule has 0 aliphatic rings. The fourth-order valence-electron chi connectivity index (χ4n) is 0.425. The van der Waals surface area contributed by atoms with Crippen LogP contribution in [0.2, 0.25) is 0 Å². The lowest BCUT2D eigenvalue weighted by Crippen LogP contribution is -2.12. The molecule has 0 aromatic heterocycles. The van der Waals surface area contributed by atoms with E-state index in [1.807, 2.05) is 13.8 Å². The van der Waals surface area contributed by atoms with Gasteiger partial charge in [0.05, 0.1) is 6.10 Å². The molecule has 0 unspecified atom stereocenters. The standard InChI is InChI=1S/C7H13NO/c1-5-7(8-4)9-6(2)3/h6,8H,1H2,2-4H3. The van der Waals surface area contributed by atoms with E-state index in [0.717, 1.165) is 0 Å². The minimum Gasteiger partial charge on any atom is -0.471 e. The van der Waals surface area contributed by atoms with Crippen molar-refractivity contribution in [1.82, 2.24) is 5.32 Å². The van der Waals surface area contributed by atoms with Crippen LogP contribution < -0.4 is 5.32 Å². The van der Waals surface area contributed by atoms with Crippen LogP contribution in [-0.2, 0) is 4.74 Å². The molecule has 0 aromatic rings. The summed E-state index contributed by atoms with van der Waals surface area (Å²) in [6.45, 7) is 7.34. The van der Waals surface area contributed by atoms with E-state index in [2.05, 4.69) is 17.6 Å². The van der Waals surface area contributed by atoms with Gasteiger partial charge in [-0.25, -0.2) is 0 Å². The number of nitrogens with one attached hydrogen (secondary N) is 1. The zero-order valence-electron chi connectivity index (χ0n) is 6.19. The van der Waals surface area contributed by atoms with Crippen molar-refractivity contribution in [3.05, 3.63) is 18.2 Å². The molecule has 0 saturated carbocycles. The van der Waals surface area contributed by atoms with Gasteiger partial charge >= 0.3 is 0 Å². The minimum atomic E-state index is 0.182. The zero-order chi connectivity index (χ0) is 7.28. The second kappa shape index (κ2) is 4.04. The van der Waals surface area contributed by atoms with Crippen molar-refractivity contribution in [2.24, 2.45) is 0 Å². The topological polar surface area (TPSA) is 21.3 Å². The normalized spacial score (nSPS) is 8.44. The molecule has 0 heterocycles. The van der Waals surface area contributed by atoms with Crippen LogP contribution in [-0.4, -0.2) is 13.2 Å². The molecule has 0 fully saturated rings. The van der Waals surface area contributed by atoms with E-state index in [9.17, 15) is 0 Å². The molecule has 2 nitrogen and oxygen atoms in total. The molecule has 0 aromatic carbocycles. The average molecular weight is 127 g/mol. The molecular weight excluding hydrogens is 114 g/mol. The Labute approximate surface area is 56.2 Å². The van der Waals surface area contributed by atoms with Gasteiger partial charge in [-0.2, -0.15) is 0 Å². The molecular formula is C7H13NO. The molecule has 0 saturated heterocycles. The average Bonchev–Trinajstić information content (AvgIpc) is 1.82. The third kappa shape index (κ3) is 3.68. The van der Waals surface area contributed by atoms with Crippen LogP contribution in [0.15, 0.2) is 18.2 Å². The summed E-state index contributed by atoms with van der Waals surface area (Å²) in [5, 5.41) is 2.80. The fourth-order valence-corrected chi connectivity index (χ4v) is 0.425. The van der Waals surface area contributed by atoms with Crippen LogP contribution in [0.1, 0.15) is 13.8 Å². The Balaban J connectivity index is 3.72. The maximum Gasteiger partial charge on any atom is 0.232 e. The first-order valence-corrected chi connectivity index (χ1v) is 2.95. The molecule has 9 heavy (non-hydrogen) atoms. The summed E-state index contributed by atoms with van der Waals surface area (Å²) < 4.78 is 5.18. The molecule has 0 amide bonds. The Morgan fingerprint density at radius 1 is 1.67 bits per heavy atom. The lowest BCUT2D eigenvalue weighted by molar-refractivity contribution is 0.134. The highest BCUT2D eigenvalue weighted by atomic mass is 16.5. The molecule has 0 bridgehead atoms. The first kappa shape index (κ1) is 8.12. The monoisotopic (exact) mass is 127 g/mol. The summed E-state index contributed by atoms with van der Waals surface area (Å²) in [7, 11) is 1.77. The van der Waals surface area contributed by atoms with Gasteiger partial charge in [0.1, 0.15) is 0 Å². The second-order valence-corrected chi connectivity index (χ2v) is 1.92. The summed E-state index contributed by atoms with van der Waals surface area (Å²) in [6, 6.07) is 0. The zero-order valence-corrected chi connectivity index (χ0v) is 6.19. The van der Waals surface area contributed by atoms with E-state index in [1.165, 1.54) is 0 Å². The van der Waals surface area contributed by atoms with Gasteiger partial charge in [0.2, 0.25) is 5.88 Å². The maximum absolute atomic E-state index is 5.18. The molecule has 2 heteroatoms. The van der Waals surface area contributed by atoms with E-state index < -0.39 is 0 Å². The second-order valence-electron chi connectivity index (χ2n) is 1.92. The van der Waals surface area contributed by atoms with Crippen molar-refractivity contribution >= 4 is 0 Å². The SMILES string of the molecule is C=C=C(NC)OC(C)C. The van der Waals surface area contributed by atoms with Crippen molar-refractivity contribution in [2.75, 3.05) is 7.05 Å². The Hall–Kier alpha value is -0.880. The van der Waals surface area contributed by atoms with Gasteiger partial charge in [0.25, 0.3) is 0 Å². The number of hydrogen-bond acceptors (Lipinski definition) is 2. The van der Waals surface area contributed by atoms with Gasteiger partial charge in [-0.05, 0) is 13.8 Å². The van der Waals surface area contributed by atoms with Gasteiger partial charge in [0.15, 0.2) is 0 Å². The lowest BCUT2D eigenvalue weighted by atomic mass is 10.5. The summed E-state index contributed by atoms with van der Waals surface area (Å²) in [6.07, 6.45) is 0.182. The van der Waals surface area contributed by atoms with Crippen LogP contribution in [0.25, 0.3) is 0 Å². The van der Waals surface area contributed by atoms with Gasteiger partial charge in [-0.15, -0.1) is 0 Å². The van der Waals surface area contributed by atoms with Crippen LogP contribution in [0.3, 0.4) is 0 Å². The van der Waals surface area contributed by atoms with Gasteiger partial charge < -0.3 is 10.1 Å². The summed E-state index contributed by atoms with van der Waals surface area (Å²) in [4.78, 5) is 0. The number of ether oxygens (including phenoxy) is 1. The molecule has 0 rings (SSSR count). The van der Waals surface area contributed by atoms with E-state index in [0.29, 0.717) is 5.88 Å². The molecule has 0 spiro atoms. The van der Waals surface area contributed by atoms with Crippen LogP contribution >= 0.6 is 0 Å². The molecule has 52 valence electrons. The van der Waals surface area contributed by atoms with E-state index in [-0.39, 0.29) is 6.10 Å². The van der Waals surface area contributed by atoms with E-state index in [4.69, 9.17) is 4.74 Å². The summed E-state index contributed by atoms with van der Waals surface area (Å²) >= 11 is 0. The molecule has 0 atom stereocenters. The summed E-state index contributed by atoms with van der Waals surface area (Å²) in [5.74, 6) is 0.602. The quantitative estimate of drug-likeness (QED) is 0.455. The Kier molecular flexibility index (Phi) is 3.65. The van der Waals surface area contributed by atoms with Crippen molar-refractivity contribution in [3.63, 3.8) is 0 Å². The van der Waals surface area contributed by atoms with Gasteiger partial charge in [-0.3, -0.25) is 0 Å². The van der Waals surface area contributed by atoms with Crippen molar-refractivity contribution < 1.29 is 4.74 Å². The lowest BCUT2D eigenvalue weighted by Gasteiger charge is -2.09. The van der Waals surface area contributed by atoms with E-state index >= 15 is 0 Å². The highest BCUT2D eigenvalue weighted by molar-refractivity contribution is 4.84. The third-order valence-electron chi connectivity index (χ3n) is 0.741. The molecule has 0 aliphatic heterocycles. The van der Waals surface area contributed by atoms with Crippen LogP contribution in [0.5, 0.6) is 0 Å². The highest BCUT2D eigenvalue weighted by Crippen LogP contribution is 1.94. The summed E-state index contributed by atoms with van der Waals surface area (Å²) in [5.41, 5.74) is 2.62. The predicted molar refractivity (Wildman–Crippen MR) is 37.9 cm³/mol. The molecule has 0 radical (unpaired) electrons. The Bertz CT molecular complexity index is 123. The number of hydrogen-bond donors (Lipinski definition) is 1. The van der Waals surface area contributed by atoms with Crippen molar-refractivity contribution in [2.45, 2.75) is 20.0 Å². The van der Waals surface area contributed by atoms with Gasteiger partial charge in [-0.1, -0.05) is 12.3 Å². The smallest absolute Gasteiger partial charge is 0.232 e. The van der Waals surface area contributed by atoms with Crippen LogP contribution in [0.4, 0.5) is 0 Å². The first-order chi connectivity index (χ1) is 4.20. The number of rotatable bonds is 3. The molecule has 1 N–H and O–H groups in total. The van der Waals surface area contributed by atoms with E-state index in [1.54, 1.807) is 7.05 Å². The van der Waals surface area contributed by atoms with Gasteiger partial charge in [0, 0.05) is 7.05 Å².